The average molecular weight is 352 g/mol. The number of carbonyl (C=O) groups is 1. The molecule has 0 bridgehead atoms. The third kappa shape index (κ3) is 3.88. The zero-order valence-corrected chi connectivity index (χ0v) is 11.8. The molecule has 0 heterocycles. The second-order valence-corrected chi connectivity index (χ2v) is 4.92. The maximum absolute atomic E-state index is 10.6. The van der Waals surface area contributed by atoms with E-state index in [1.807, 2.05) is 0 Å². The summed E-state index contributed by atoms with van der Waals surface area (Å²) in [6, 6.07) is 3.41. The first-order chi connectivity index (χ1) is 7.69. The molecule has 1 N–H and O–H groups in total. The molecule has 0 fully saturated rings. The Hall–Kier alpha value is -0.390. The molecule has 1 rings (SSSR count). The zero-order chi connectivity index (χ0) is 12.0. The largest absolute Gasteiger partial charge is 0.491 e. The molecule has 0 aliphatic carbocycles. The molecule has 0 atom stereocenters. The fourth-order valence-electron chi connectivity index (χ4n) is 1.17. The zero-order valence-electron chi connectivity index (χ0n) is 8.58. The van der Waals surface area contributed by atoms with Gasteiger partial charge in [0.1, 0.15) is 12.0 Å². The van der Waals surface area contributed by atoms with E-state index in [0.717, 1.165) is 28.1 Å². The van der Waals surface area contributed by atoms with Gasteiger partial charge in [0, 0.05) is 12.2 Å². The highest BCUT2D eigenvalue weighted by Gasteiger charge is 2.08. The van der Waals surface area contributed by atoms with Crippen molar-refractivity contribution in [2.45, 2.75) is 12.8 Å². The fraction of sp³-hybridized carbons (Fsp3) is 0.364. The number of carbonyl (C=O) groups excluding carboxylic acids is 1. The van der Waals surface area contributed by atoms with Gasteiger partial charge in [0.25, 0.3) is 0 Å². The summed E-state index contributed by atoms with van der Waals surface area (Å²) in [7, 11) is 0. The molecular formula is C11H12Br2O3. The lowest BCUT2D eigenvalue weighted by Gasteiger charge is -2.10. The van der Waals surface area contributed by atoms with Crippen LogP contribution < -0.4 is 4.74 Å². The minimum atomic E-state index is 0.176. The molecule has 3 nitrogen and oxygen atoms in total. The minimum absolute atomic E-state index is 0.176. The first-order valence-corrected chi connectivity index (χ1v) is 6.45. The fourth-order valence-corrected chi connectivity index (χ4v) is 2.62. The lowest BCUT2D eigenvalue weighted by Crippen LogP contribution is -2.00. The van der Waals surface area contributed by atoms with E-state index in [4.69, 9.17) is 9.84 Å². The van der Waals surface area contributed by atoms with Gasteiger partial charge in [-0.3, -0.25) is 4.79 Å². The Kier molecular flexibility index (Phi) is 6.01. The van der Waals surface area contributed by atoms with Crippen LogP contribution in [0.5, 0.6) is 5.75 Å². The van der Waals surface area contributed by atoms with Crippen LogP contribution in [-0.2, 0) is 0 Å². The van der Waals surface area contributed by atoms with Crippen molar-refractivity contribution in [3.8, 4) is 5.75 Å². The number of halogens is 2. The lowest BCUT2D eigenvalue weighted by atomic mass is 10.2. The second kappa shape index (κ2) is 7.04. The summed E-state index contributed by atoms with van der Waals surface area (Å²) in [5.74, 6) is 0.684. The predicted molar refractivity (Wildman–Crippen MR) is 69.0 cm³/mol. The molecule has 0 aliphatic rings. The van der Waals surface area contributed by atoms with Crippen LogP contribution in [0.25, 0.3) is 0 Å². The number of aliphatic hydroxyl groups is 1. The van der Waals surface area contributed by atoms with E-state index in [0.29, 0.717) is 17.9 Å². The van der Waals surface area contributed by atoms with Crippen molar-refractivity contribution in [3.05, 3.63) is 26.6 Å². The molecule has 0 unspecified atom stereocenters. The van der Waals surface area contributed by atoms with Gasteiger partial charge in [-0.2, -0.15) is 0 Å². The van der Waals surface area contributed by atoms with Crippen molar-refractivity contribution < 1.29 is 14.6 Å². The van der Waals surface area contributed by atoms with Crippen LogP contribution >= 0.6 is 31.9 Å². The molecule has 0 aromatic heterocycles. The summed E-state index contributed by atoms with van der Waals surface area (Å²) < 4.78 is 7.04. The van der Waals surface area contributed by atoms with Gasteiger partial charge in [-0.15, -0.1) is 0 Å². The van der Waals surface area contributed by atoms with Gasteiger partial charge in [-0.05, 0) is 56.8 Å². The highest BCUT2D eigenvalue weighted by atomic mass is 79.9. The summed E-state index contributed by atoms with van der Waals surface area (Å²) in [5.41, 5.74) is 0.585. The van der Waals surface area contributed by atoms with Crippen LogP contribution in [0.1, 0.15) is 23.2 Å². The first-order valence-electron chi connectivity index (χ1n) is 4.87. The Labute approximate surface area is 111 Å². The number of unbranched alkanes of at least 4 members (excludes halogenated alkanes) is 1. The van der Waals surface area contributed by atoms with Crippen molar-refractivity contribution in [3.63, 3.8) is 0 Å². The molecule has 5 heteroatoms. The Morgan fingerprint density at radius 2 is 1.88 bits per heavy atom. The van der Waals surface area contributed by atoms with Crippen LogP contribution in [0.15, 0.2) is 21.1 Å². The predicted octanol–water partition coefficient (Wildman–Crippen LogP) is 3.18. The quantitative estimate of drug-likeness (QED) is 0.632. The Balaban J connectivity index is 2.69. The third-order valence-corrected chi connectivity index (χ3v) is 3.13. The monoisotopic (exact) mass is 350 g/mol. The molecular weight excluding hydrogens is 340 g/mol. The van der Waals surface area contributed by atoms with Crippen LogP contribution in [-0.4, -0.2) is 24.6 Å². The first kappa shape index (κ1) is 13.7. The Morgan fingerprint density at radius 3 is 2.38 bits per heavy atom. The molecule has 0 saturated heterocycles. The number of aliphatic hydroxyl groups excluding tert-OH is 1. The van der Waals surface area contributed by atoms with Crippen molar-refractivity contribution in [2.24, 2.45) is 0 Å². The van der Waals surface area contributed by atoms with E-state index < -0.39 is 0 Å². The van der Waals surface area contributed by atoms with Gasteiger partial charge in [0.2, 0.25) is 0 Å². The van der Waals surface area contributed by atoms with Gasteiger partial charge >= 0.3 is 0 Å². The highest BCUT2D eigenvalue weighted by Crippen LogP contribution is 2.34. The maximum Gasteiger partial charge on any atom is 0.150 e. The number of rotatable bonds is 6. The van der Waals surface area contributed by atoms with E-state index in [1.54, 1.807) is 12.1 Å². The van der Waals surface area contributed by atoms with E-state index in [2.05, 4.69) is 31.9 Å². The van der Waals surface area contributed by atoms with Crippen LogP contribution in [0.2, 0.25) is 0 Å². The topological polar surface area (TPSA) is 46.5 Å². The van der Waals surface area contributed by atoms with Gasteiger partial charge in [-0.1, -0.05) is 0 Å². The highest BCUT2D eigenvalue weighted by molar-refractivity contribution is 9.11. The molecule has 0 amide bonds. The normalized spacial score (nSPS) is 10.2. The molecule has 1 aromatic rings. The summed E-state index contributed by atoms with van der Waals surface area (Å²) >= 11 is 6.69. The maximum atomic E-state index is 10.6. The standard InChI is InChI=1S/C11H12Br2O3/c12-9-5-8(7-15)6-10(13)11(9)16-4-2-1-3-14/h5-7,14H,1-4H2. The van der Waals surface area contributed by atoms with E-state index in [-0.39, 0.29) is 6.61 Å². The van der Waals surface area contributed by atoms with E-state index in [1.165, 1.54) is 0 Å². The van der Waals surface area contributed by atoms with Crippen LogP contribution in [0.4, 0.5) is 0 Å². The average Bonchev–Trinajstić information content (AvgIpc) is 2.26. The molecule has 88 valence electrons. The summed E-state index contributed by atoms with van der Waals surface area (Å²) in [5, 5.41) is 8.63. The summed E-state index contributed by atoms with van der Waals surface area (Å²) in [6.45, 7) is 0.716. The number of ether oxygens (including phenoxy) is 1. The molecule has 0 saturated carbocycles. The number of aldehydes is 1. The molecule has 0 radical (unpaired) electrons. The molecule has 1 aromatic carbocycles. The number of hydrogen-bond donors (Lipinski definition) is 1. The Morgan fingerprint density at radius 1 is 1.25 bits per heavy atom. The van der Waals surface area contributed by atoms with Crippen LogP contribution in [0.3, 0.4) is 0 Å². The van der Waals surface area contributed by atoms with E-state index in [9.17, 15) is 4.79 Å². The molecule has 0 aliphatic heterocycles. The smallest absolute Gasteiger partial charge is 0.150 e. The van der Waals surface area contributed by atoms with Gasteiger partial charge in [0.05, 0.1) is 15.6 Å². The molecule has 0 spiro atoms. The van der Waals surface area contributed by atoms with Crippen LogP contribution in [0, 0.1) is 0 Å². The van der Waals surface area contributed by atoms with E-state index >= 15 is 0 Å². The van der Waals surface area contributed by atoms with Gasteiger partial charge in [0.15, 0.2) is 0 Å². The van der Waals surface area contributed by atoms with Gasteiger partial charge < -0.3 is 9.84 Å². The Bertz CT molecular complexity index is 343. The van der Waals surface area contributed by atoms with Crippen molar-refractivity contribution >= 4 is 38.1 Å². The summed E-state index contributed by atoms with van der Waals surface area (Å²) in [6.07, 6.45) is 2.30. The number of benzene rings is 1. The van der Waals surface area contributed by atoms with Gasteiger partial charge in [-0.25, -0.2) is 0 Å². The van der Waals surface area contributed by atoms with Crippen molar-refractivity contribution in [1.82, 2.24) is 0 Å². The van der Waals surface area contributed by atoms with Crippen molar-refractivity contribution in [2.75, 3.05) is 13.2 Å². The minimum Gasteiger partial charge on any atom is -0.491 e. The summed E-state index contributed by atoms with van der Waals surface area (Å²) in [4.78, 5) is 10.6. The molecule has 16 heavy (non-hydrogen) atoms. The SMILES string of the molecule is O=Cc1cc(Br)c(OCCCCO)c(Br)c1. The second-order valence-electron chi connectivity index (χ2n) is 3.21. The number of hydrogen-bond acceptors (Lipinski definition) is 3. The third-order valence-electron chi connectivity index (χ3n) is 1.96. The lowest BCUT2D eigenvalue weighted by molar-refractivity contribution is 0.112. The van der Waals surface area contributed by atoms with Crippen molar-refractivity contribution in [1.29, 1.82) is 0 Å².